The predicted octanol–water partition coefficient (Wildman–Crippen LogP) is 2.84. The van der Waals surface area contributed by atoms with Gasteiger partial charge >= 0.3 is 0 Å². The van der Waals surface area contributed by atoms with Crippen molar-refractivity contribution >= 4 is 0 Å². The molecule has 2 saturated heterocycles. The van der Waals surface area contributed by atoms with Gasteiger partial charge in [0.1, 0.15) is 0 Å². The van der Waals surface area contributed by atoms with Crippen molar-refractivity contribution in [1.82, 2.24) is 9.80 Å². The van der Waals surface area contributed by atoms with Gasteiger partial charge in [-0.2, -0.15) is 0 Å². The molecule has 3 aliphatic rings. The lowest BCUT2D eigenvalue weighted by Gasteiger charge is -2.55. The maximum atomic E-state index is 6.36. The van der Waals surface area contributed by atoms with Crippen LogP contribution in [-0.2, 0) is 0 Å². The van der Waals surface area contributed by atoms with E-state index in [-0.39, 0.29) is 5.54 Å². The van der Waals surface area contributed by atoms with Gasteiger partial charge in [0.15, 0.2) is 0 Å². The quantitative estimate of drug-likeness (QED) is 0.868. The highest BCUT2D eigenvalue weighted by atomic mass is 15.3. The predicted molar refractivity (Wildman–Crippen MR) is 89.4 cm³/mol. The summed E-state index contributed by atoms with van der Waals surface area (Å²) in [6, 6.07) is 0.798. The van der Waals surface area contributed by atoms with Crippen molar-refractivity contribution in [3.05, 3.63) is 0 Å². The summed E-state index contributed by atoms with van der Waals surface area (Å²) in [5, 5.41) is 0. The molecule has 0 spiro atoms. The zero-order valence-electron chi connectivity index (χ0n) is 14.2. The van der Waals surface area contributed by atoms with Crippen LogP contribution in [0.1, 0.15) is 65.2 Å². The van der Waals surface area contributed by atoms with Gasteiger partial charge in [-0.25, -0.2) is 0 Å². The van der Waals surface area contributed by atoms with E-state index in [4.69, 9.17) is 5.73 Å². The Bertz CT molecular complexity index is 348. The Morgan fingerprint density at radius 3 is 2.33 bits per heavy atom. The van der Waals surface area contributed by atoms with Crippen molar-refractivity contribution < 1.29 is 0 Å². The average Bonchev–Trinajstić information content (AvgIpc) is 2.98. The monoisotopic (exact) mass is 293 g/mol. The molecule has 2 N–H and O–H groups in total. The summed E-state index contributed by atoms with van der Waals surface area (Å²) in [4.78, 5) is 5.56. The van der Waals surface area contributed by atoms with Crippen LogP contribution in [-0.4, -0.2) is 54.1 Å². The fourth-order valence-electron chi connectivity index (χ4n) is 5.36. The molecule has 21 heavy (non-hydrogen) atoms. The first kappa shape index (κ1) is 15.8. The van der Waals surface area contributed by atoms with Crippen molar-refractivity contribution in [2.24, 2.45) is 11.1 Å². The summed E-state index contributed by atoms with van der Waals surface area (Å²) in [5.41, 5.74) is 6.99. The first-order valence-corrected chi connectivity index (χ1v) is 9.28. The van der Waals surface area contributed by atoms with Crippen LogP contribution in [0.3, 0.4) is 0 Å². The molecule has 2 unspecified atom stereocenters. The molecule has 2 atom stereocenters. The molecule has 0 aromatic carbocycles. The third-order valence-electron chi connectivity index (χ3n) is 6.92. The highest BCUT2D eigenvalue weighted by Gasteiger charge is 2.51. The van der Waals surface area contributed by atoms with Gasteiger partial charge in [0, 0.05) is 31.2 Å². The molecule has 2 aliphatic heterocycles. The van der Waals surface area contributed by atoms with Crippen LogP contribution in [0.4, 0.5) is 0 Å². The molecular weight excluding hydrogens is 258 g/mol. The zero-order chi connectivity index (χ0) is 14.9. The molecule has 0 amide bonds. The van der Waals surface area contributed by atoms with E-state index in [2.05, 4.69) is 23.6 Å². The van der Waals surface area contributed by atoms with Gasteiger partial charge in [-0.05, 0) is 50.6 Å². The largest absolute Gasteiger partial charge is 0.329 e. The summed E-state index contributed by atoms with van der Waals surface area (Å²) in [6.07, 6.45) is 11.0. The van der Waals surface area contributed by atoms with E-state index >= 15 is 0 Å². The number of hydrogen-bond acceptors (Lipinski definition) is 3. The van der Waals surface area contributed by atoms with Gasteiger partial charge in [-0.15, -0.1) is 0 Å². The normalized spacial score (nSPS) is 38.7. The molecule has 3 nitrogen and oxygen atoms in total. The average molecular weight is 293 g/mol. The van der Waals surface area contributed by atoms with Gasteiger partial charge in [-0.1, -0.05) is 33.1 Å². The fourth-order valence-corrected chi connectivity index (χ4v) is 5.36. The van der Waals surface area contributed by atoms with Crippen molar-refractivity contribution in [2.75, 3.05) is 32.7 Å². The van der Waals surface area contributed by atoms with Crippen molar-refractivity contribution in [1.29, 1.82) is 0 Å². The van der Waals surface area contributed by atoms with E-state index in [1.807, 2.05) is 0 Å². The number of nitrogens with two attached hydrogens (primary N) is 1. The van der Waals surface area contributed by atoms with Crippen LogP contribution in [0.2, 0.25) is 0 Å². The smallest absolute Gasteiger partial charge is 0.0383 e. The molecule has 0 aromatic rings. The minimum absolute atomic E-state index is 0.260. The SMILES string of the molecule is CC1(C)CCCCC1(CN)N1CCC(N2CCCCC2)C1. The Balaban J connectivity index is 1.71. The molecule has 0 aromatic heterocycles. The molecule has 3 heteroatoms. The second-order valence-corrected chi connectivity index (χ2v) is 8.31. The lowest BCUT2D eigenvalue weighted by molar-refractivity contribution is -0.0344. The molecule has 3 fully saturated rings. The summed E-state index contributed by atoms with van der Waals surface area (Å²) < 4.78 is 0. The second-order valence-electron chi connectivity index (χ2n) is 8.31. The minimum Gasteiger partial charge on any atom is -0.329 e. The Morgan fingerprint density at radius 2 is 1.67 bits per heavy atom. The van der Waals surface area contributed by atoms with Gasteiger partial charge < -0.3 is 5.73 Å². The molecule has 1 saturated carbocycles. The maximum absolute atomic E-state index is 6.36. The van der Waals surface area contributed by atoms with Gasteiger partial charge in [0.25, 0.3) is 0 Å². The Hall–Kier alpha value is -0.120. The van der Waals surface area contributed by atoms with Crippen LogP contribution in [0.25, 0.3) is 0 Å². The standard InChI is InChI=1S/C18H35N3/c1-17(2)9-4-5-10-18(17,15-19)21-13-8-16(14-21)20-11-6-3-7-12-20/h16H,3-15,19H2,1-2H3. The maximum Gasteiger partial charge on any atom is 0.0383 e. The number of piperidine rings is 1. The first-order valence-electron chi connectivity index (χ1n) is 9.28. The van der Waals surface area contributed by atoms with Crippen molar-refractivity contribution in [3.63, 3.8) is 0 Å². The van der Waals surface area contributed by atoms with Crippen LogP contribution in [0.15, 0.2) is 0 Å². The molecule has 0 bridgehead atoms. The Labute approximate surface area is 131 Å². The molecule has 0 radical (unpaired) electrons. The van der Waals surface area contributed by atoms with Gasteiger partial charge in [0.2, 0.25) is 0 Å². The van der Waals surface area contributed by atoms with E-state index in [1.54, 1.807) is 0 Å². The molecule has 2 heterocycles. The van der Waals surface area contributed by atoms with Crippen LogP contribution >= 0.6 is 0 Å². The highest BCUT2D eigenvalue weighted by molar-refractivity contribution is 5.07. The topological polar surface area (TPSA) is 32.5 Å². The van der Waals surface area contributed by atoms with Crippen LogP contribution in [0, 0.1) is 5.41 Å². The van der Waals surface area contributed by atoms with Gasteiger partial charge in [-0.3, -0.25) is 9.80 Å². The lowest BCUT2D eigenvalue weighted by atomic mass is 9.62. The van der Waals surface area contributed by atoms with E-state index in [0.29, 0.717) is 5.41 Å². The first-order chi connectivity index (χ1) is 10.1. The number of hydrogen-bond donors (Lipinski definition) is 1. The summed E-state index contributed by atoms with van der Waals surface area (Å²) in [7, 11) is 0. The van der Waals surface area contributed by atoms with Crippen LogP contribution < -0.4 is 5.73 Å². The lowest BCUT2D eigenvalue weighted by Crippen LogP contribution is -2.63. The van der Waals surface area contributed by atoms with E-state index in [0.717, 1.165) is 12.6 Å². The molecular formula is C18H35N3. The Morgan fingerprint density at radius 1 is 0.952 bits per heavy atom. The third kappa shape index (κ3) is 2.77. The zero-order valence-corrected chi connectivity index (χ0v) is 14.2. The van der Waals surface area contributed by atoms with Crippen molar-refractivity contribution in [3.8, 4) is 0 Å². The Kier molecular flexibility index (Phi) is 4.63. The van der Waals surface area contributed by atoms with Gasteiger partial charge in [0.05, 0.1) is 0 Å². The van der Waals surface area contributed by atoms with Crippen molar-refractivity contribution in [2.45, 2.75) is 76.8 Å². The molecule has 122 valence electrons. The van der Waals surface area contributed by atoms with Crippen LogP contribution in [0.5, 0.6) is 0 Å². The number of rotatable bonds is 3. The fraction of sp³-hybridized carbons (Fsp3) is 1.00. The number of nitrogens with zero attached hydrogens (tertiary/aromatic N) is 2. The summed E-state index contributed by atoms with van der Waals surface area (Å²) >= 11 is 0. The summed E-state index contributed by atoms with van der Waals surface area (Å²) in [5.74, 6) is 0. The van der Waals surface area contributed by atoms with E-state index in [1.165, 1.54) is 77.5 Å². The summed E-state index contributed by atoms with van der Waals surface area (Å²) in [6.45, 7) is 11.0. The second kappa shape index (κ2) is 6.17. The van der Waals surface area contributed by atoms with E-state index < -0.39 is 0 Å². The molecule has 3 rings (SSSR count). The molecule has 1 aliphatic carbocycles. The highest BCUT2D eigenvalue weighted by Crippen LogP contribution is 2.48. The van der Waals surface area contributed by atoms with E-state index in [9.17, 15) is 0 Å². The minimum atomic E-state index is 0.260. The number of likely N-dealkylation sites (tertiary alicyclic amines) is 2. The third-order valence-corrected chi connectivity index (χ3v) is 6.92.